The van der Waals surface area contributed by atoms with Crippen molar-refractivity contribution in [3.63, 3.8) is 0 Å². The van der Waals surface area contributed by atoms with Crippen LogP contribution in [-0.4, -0.2) is 54.9 Å². The topological polar surface area (TPSA) is 23.6 Å². The lowest BCUT2D eigenvalue weighted by Gasteiger charge is -2.37. The number of carbonyl (C=O) groups excluding carboxylic acids is 1. The van der Waals surface area contributed by atoms with Gasteiger partial charge in [-0.05, 0) is 20.9 Å². The number of Topliss-reactive ketones (excluding diaryl/α,β-unsaturated/α-hetero) is 1. The molecule has 1 atom stereocenters. The zero-order chi connectivity index (χ0) is 13.1. The van der Waals surface area contributed by atoms with Gasteiger partial charge < -0.3 is 4.90 Å². The lowest BCUT2D eigenvalue weighted by atomic mass is 10.1. The highest BCUT2D eigenvalue weighted by Crippen LogP contribution is 2.09. The summed E-state index contributed by atoms with van der Waals surface area (Å²) in [4.78, 5) is 16.8. The van der Waals surface area contributed by atoms with Crippen molar-refractivity contribution in [2.24, 2.45) is 0 Å². The van der Waals surface area contributed by atoms with Crippen LogP contribution in [0.1, 0.15) is 22.8 Å². The fourth-order valence-electron chi connectivity index (χ4n) is 2.30. The Morgan fingerprint density at radius 2 is 1.94 bits per heavy atom. The van der Waals surface area contributed by atoms with Gasteiger partial charge in [-0.15, -0.1) is 0 Å². The number of piperazine rings is 1. The van der Waals surface area contributed by atoms with Gasteiger partial charge in [-0.1, -0.05) is 29.8 Å². The third-order valence-electron chi connectivity index (χ3n) is 3.78. The van der Waals surface area contributed by atoms with Crippen molar-refractivity contribution >= 4 is 5.78 Å². The molecule has 1 fully saturated rings. The van der Waals surface area contributed by atoms with Crippen molar-refractivity contribution < 1.29 is 4.79 Å². The summed E-state index contributed by atoms with van der Waals surface area (Å²) in [6.07, 6.45) is 0. The van der Waals surface area contributed by atoms with E-state index in [1.165, 1.54) is 5.56 Å². The smallest absolute Gasteiger partial charge is 0.176 e. The van der Waals surface area contributed by atoms with Crippen molar-refractivity contribution in [2.75, 3.05) is 33.2 Å². The Morgan fingerprint density at radius 3 is 2.56 bits per heavy atom. The van der Waals surface area contributed by atoms with Crippen LogP contribution in [0.5, 0.6) is 0 Å². The van der Waals surface area contributed by atoms with Crippen molar-refractivity contribution in [3.05, 3.63) is 35.4 Å². The second kappa shape index (κ2) is 5.63. The number of carbonyl (C=O) groups is 1. The standard InChI is InChI=1S/C15H22N2O/c1-12-4-6-14(7-5-12)15(18)11-17-9-8-16(3)13(2)10-17/h4-7,13H,8-11H2,1-3H3. The minimum absolute atomic E-state index is 0.228. The Kier molecular flexibility index (Phi) is 4.15. The molecule has 2 rings (SSSR count). The molecule has 3 heteroatoms. The van der Waals surface area contributed by atoms with E-state index in [4.69, 9.17) is 0 Å². The Bertz CT molecular complexity index is 413. The maximum atomic E-state index is 12.2. The molecule has 0 bridgehead atoms. The van der Waals surface area contributed by atoms with Crippen LogP contribution in [0.4, 0.5) is 0 Å². The highest BCUT2D eigenvalue weighted by Gasteiger charge is 2.22. The van der Waals surface area contributed by atoms with Crippen molar-refractivity contribution in [2.45, 2.75) is 19.9 Å². The molecule has 1 aromatic carbocycles. The van der Waals surface area contributed by atoms with Gasteiger partial charge in [-0.25, -0.2) is 0 Å². The summed E-state index contributed by atoms with van der Waals surface area (Å²) in [5.41, 5.74) is 2.02. The second-order valence-electron chi connectivity index (χ2n) is 5.35. The molecular formula is C15H22N2O. The average molecular weight is 246 g/mol. The molecule has 3 nitrogen and oxygen atoms in total. The Morgan fingerprint density at radius 1 is 1.28 bits per heavy atom. The largest absolute Gasteiger partial charge is 0.301 e. The van der Waals surface area contributed by atoms with Gasteiger partial charge in [0.1, 0.15) is 0 Å². The molecular weight excluding hydrogens is 224 g/mol. The van der Waals surface area contributed by atoms with Crippen molar-refractivity contribution in [3.8, 4) is 0 Å². The molecule has 0 saturated carbocycles. The maximum absolute atomic E-state index is 12.2. The van der Waals surface area contributed by atoms with Gasteiger partial charge in [0.25, 0.3) is 0 Å². The SMILES string of the molecule is Cc1ccc(C(=O)CN2CCN(C)C(C)C2)cc1. The zero-order valence-corrected chi connectivity index (χ0v) is 11.5. The van der Waals surface area contributed by atoms with E-state index < -0.39 is 0 Å². The van der Waals surface area contributed by atoms with E-state index >= 15 is 0 Å². The molecule has 18 heavy (non-hydrogen) atoms. The number of likely N-dealkylation sites (N-methyl/N-ethyl adjacent to an activating group) is 1. The lowest BCUT2D eigenvalue weighted by molar-refractivity contribution is 0.0786. The number of benzene rings is 1. The first-order valence-corrected chi connectivity index (χ1v) is 6.58. The summed E-state index contributed by atoms with van der Waals surface area (Å²) in [7, 11) is 2.14. The lowest BCUT2D eigenvalue weighted by Crippen LogP contribution is -2.51. The van der Waals surface area contributed by atoms with Crippen LogP contribution >= 0.6 is 0 Å². The summed E-state index contributed by atoms with van der Waals surface area (Å²) >= 11 is 0. The Labute approximate surface area is 109 Å². The summed E-state index contributed by atoms with van der Waals surface area (Å²) < 4.78 is 0. The van der Waals surface area contributed by atoms with E-state index in [0.717, 1.165) is 25.2 Å². The number of hydrogen-bond acceptors (Lipinski definition) is 3. The molecule has 1 heterocycles. The first-order valence-electron chi connectivity index (χ1n) is 6.58. The van der Waals surface area contributed by atoms with Gasteiger partial charge in [0, 0.05) is 31.2 Å². The molecule has 0 amide bonds. The van der Waals surface area contributed by atoms with Crippen LogP contribution in [0.3, 0.4) is 0 Å². The van der Waals surface area contributed by atoms with E-state index in [9.17, 15) is 4.79 Å². The Hall–Kier alpha value is -1.19. The van der Waals surface area contributed by atoms with Crippen LogP contribution in [0.25, 0.3) is 0 Å². The van der Waals surface area contributed by atoms with Crippen LogP contribution < -0.4 is 0 Å². The number of hydrogen-bond donors (Lipinski definition) is 0. The summed E-state index contributed by atoms with van der Waals surface area (Å²) in [5, 5.41) is 0. The van der Waals surface area contributed by atoms with Crippen LogP contribution in [0.15, 0.2) is 24.3 Å². The van der Waals surface area contributed by atoms with E-state index in [0.29, 0.717) is 12.6 Å². The molecule has 1 aliphatic rings. The molecule has 1 saturated heterocycles. The fraction of sp³-hybridized carbons (Fsp3) is 0.533. The van der Waals surface area contributed by atoms with Crippen LogP contribution in [0.2, 0.25) is 0 Å². The number of rotatable bonds is 3. The van der Waals surface area contributed by atoms with Crippen molar-refractivity contribution in [1.29, 1.82) is 0 Å². The summed E-state index contributed by atoms with van der Waals surface area (Å²) in [6.45, 7) is 7.80. The molecule has 1 aromatic rings. The molecule has 1 aliphatic heterocycles. The average Bonchev–Trinajstić information content (AvgIpc) is 2.34. The van der Waals surface area contributed by atoms with Gasteiger partial charge in [0.05, 0.1) is 6.54 Å². The monoisotopic (exact) mass is 246 g/mol. The van der Waals surface area contributed by atoms with Gasteiger partial charge in [-0.3, -0.25) is 9.69 Å². The van der Waals surface area contributed by atoms with Gasteiger partial charge in [-0.2, -0.15) is 0 Å². The van der Waals surface area contributed by atoms with Crippen LogP contribution in [0, 0.1) is 6.92 Å². The second-order valence-corrected chi connectivity index (χ2v) is 5.35. The van der Waals surface area contributed by atoms with Crippen LogP contribution in [-0.2, 0) is 0 Å². The van der Waals surface area contributed by atoms with E-state index in [1.807, 2.05) is 31.2 Å². The fourth-order valence-corrected chi connectivity index (χ4v) is 2.30. The third-order valence-corrected chi connectivity index (χ3v) is 3.78. The normalized spacial score (nSPS) is 22.1. The van der Waals surface area contributed by atoms with Gasteiger partial charge in [0.2, 0.25) is 0 Å². The molecule has 0 spiro atoms. The first kappa shape index (κ1) is 13.2. The van der Waals surface area contributed by atoms with Crippen molar-refractivity contribution in [1.82, 2.24) is 9.80 Å². The first-order chi connectivity index (χ1) is 8.56. The predicted octanol–water partition coefficient (Wildman–Crippen LogP) is 1.81. The minimum atomic E-state index is 0.228. The number of aryl methyl sites for hydroxylation is 1. The third kappa shape index (κ3) is 3.18. The summed E-state index contributed by atoms with van der Waals surface area (Å²) in [5.74, 6) is 0.228. The minimum Gasteiger partial charge on any atom is -0.301 e. The molecule has 0 N–H and O–H groups in total. The highest BCUT2D eigenvalue weighted by molar-refractivity contribution is 5.97. The molecule has 1 unspecified atom stereocenters. The molecule has 98 valence electrons. The molecule has 0 aromatic heterocycles. The van der Waals surface area contributed by atoms with Gasteiger partial charge in [0.15, 0.2) is 5.78 Å². The van der Waals surface area contributed by atoms with E-state index in [-0.39, 0.29) is 5.78 Å². The maximum Gasteiger partial charge on any atom is 0.176 e. The number of nitrogens with zero attached hydrogens (tertiary/aromatic N) is 2. The van der Waals surface area contributed by atoms with E-state index in [1.54, 1.807) is 0 Å². The van der Waals surface area contributed by atoms with E-state index in [2.05, 4.69) is 23.8 Å². The number of ketones is 1. The Balaban J connectivity index is 1.93. The highest BCUT2D eigenvalue weighted by atomic mass is 16.1. The quantitative estimate of drug-likeness (QED) is 0.760. The predicted molar refractivity (Wildman–Crippen MR) is 74.0 cm³/mol. The molecule has 0 aliphatic carbocycles. The zero-order valence-electron chi connectivity index (χ0n) is 11.5. The molecule has 0 radical (unpaired) electrons. The summed E-state index contributed by atoms with van der Waals surface area (Å²) in [6, 6.07) is 8.39. The van der Waals surface area contributed by atoms with Gasteiger partial charge >= 0.3 is 0 Å².